The molecular weight excluding hydrogens is 306 g/mol. The van der Waals surface area contributed by atoms with Gasteiger partial charge in [-0.25, -0.2) is 0 Å². The molecule has 2 aliphatic rings. The van der Waals surface area contributed by atoms with Crippen LogP contribution in [-0.2, 0) is 9.47 Å². The first-order valence-corrected chi connectivity index (χ1v) is 7.71. The molecule has 0 radical (unpaired) electrons. The quantitative estimate of drug-likeness (QED) is 0.902. The summed E-state index contributed by atoms with van der Waals surface area (Å²) >= 11 is 3.59. The topological polar surface area (TPSA) is 30.5 Å². The average Bonchev–Trinajstić information content (AvgIpc) is 2.83. The van der Waals surface area contributed by atoms with E-state index < -0.39 is 0 Å². The minimum absolute atomic E-state index is 0.0319. The third kappa shape index (κ3) is 2.81. The van der Waals surface area contributed by atoms with Gasteiger partial charge in [-0.05, 0) is 37.5 Å². The lowest BCUT2D eigenvalue weighted by Gasteiger charge is -2.38. The molecule has 19 heavy (non-hydrogen) atoms. The lowest BCUT2D eigenvalue weighted by Crippen LogP contribution is -2.45. The van der Waals surface area contributed by atoms with E-state index in [1.807, 2.05) is 0 Å². The lowest BCUT2D eigenvalue weighted by atomic mass is 9.89. The SMILES string of the molecule is Cc1c(Br)cccc1NC1CCOC2(CCOC2)C1. The van der Waals surface area contributed by atoms with Crippen molar-refractivity contribution in [3.05, 3.63) is 28.2 Å². The van der Waals surface area contributed by atoms with Crippen LogP contribution in [0, 0.1) is 6.92 Å². The van der Waals surface area contributed by atoms with Crippen LogP contribution in [0.5, 0.6) is 0 Å². The highest BCUT2D eigenvalue weighted by Crippen LogP contribution is 2.34. The zero-order chi connectivity index (χ0) is 13.3. The second kappa shape index (κ2) is 5.43. The molecular formula is C15H20BrNO2. The summed E-state index contributed by atoms with van der Waals surface area (Å²) in [7, 11) is 0. The first-order chi connectivity index (χ1) is 9.19. The molecule has 2 saturated heterocycles. The van der Waals surface area contributed by atoms with Crippen LogP contribution >= 0.6 is 15.9 Å². The predicted molar refractivity (Wildman–Crippen MR) is 79.6 cm³/mol. The van der Waals surface area contributed by atoms with Crippen LogP contribution in [0.1, 0.15) is 24.8 Å². The molecule has 3 rings (SSSR count). The van der Waals surface area contributed by atoms with Gasteiger partial charge in [0.15, 0.2) is 0 Å². The summed E-state index contributed by atoms with van der Waals surface area (Å²) in [5.74, 6) is 0. The second-order valence-corrected chi connectivity index (χ2v) is 6.43. The second-order valence-electron chi connectivity index (χ2n) is 5.58. The fourth-order valence-electron chi connectivity index (χ4n) is 3.00. The van der Waals surface area contributed by atoms with E-state index in [9.17, 15) is 0 Å². The van der Waals surface area contributed by atoms with Crippen LogP contribution in [0.4, 0.5) is 5.69 Å². The van der Waals surface area contributed by atoms with Gasteiger partial charge in [-0.1, -0.05) is 22.0 Å². The third-order valence-corrected chi connectivity index (χ3v) is 5.05. The molecule has 0 aliphatic carbocycles. The molecule has 2 fully saturated rings. The molecule has 4 heteroatoms. The molecule has 2 aliphatic heterocycles. The average molecular weight is 326 g/mol. The first kappa shape index (κ1) is 13.4. The maximum absolute atomic E-state index is 5.97. The Morgan fingerprint density at radius 3 is 3.05 bits per heavy atom. The fourth-order valence-corrected chi connectivity index (χ4v) is 3.36. The molecule has 3 nitrogen and oxygen atoms in total. The van der Waals surface area contributed by atoms with Gasteiger partial charge in [-0.3, -0.25) is 0 Å². The molecule has 104 valence electrons. The van der Waals surface area contributed by atoms with E-state index in [0.29, 0.717) is 6.04 Å². The first-order valence-electron chi connectivity index (χ1n) is 6.92. The van der Waals surface area contributed by atoms with Crippen molar-refractivity contribution in [1.82, 2.24) is 0 Å². The summed E-state index contributed by atoms with van der Waals surface area (Å²) in [5.41, 5.74) is 2.46. The van der Waals surface area contributed by atoms with Crippen molar-refractivity contribution >= 4 is 21.6 Å². The number of halogens is 1. The van der Waals surface area contributed by atoms with Gasteiger partial charge in [0.05, 0.1) is 12.2 Å². The third-order valence-electron chi connectivity index (χ3n) is 4.19. The maximum atomic E-state index is 5.97. The summed E-state index contributed by atoms with van der Waals surface area (Å²) in [6, 6.07) is 6.78. The predicted octanol–water partition coefficient (Wildman–Crippen LogP) is 3.51. The molecule has 2 heterocycles. The Labute approximate surface area is 122 Å². The van der Waals surface area contributed by atoms with Crippen LogP contribution in [0.3, 0.4) is 0 Å². The van der Waals surface area contributed by atoms with Crippen molar-refractivity contribution in [2.45, 2.75) is 37.8 Å². The highest BCUT2D eigenvalue weighted by Gasteiger charge is 2.41. The van der Waals surface area contributed by atoms with E-state index in [2.05, 4.69) is 46.4 Å². The van der Waals surface area contributed by atoms with Crippen LogP contribution < -0.4 is 5.32 Å². The minimum Gasteiger partial charge on any atom is -0.382 e. The van der Waals surface area contributed by atoms with Crippen molar-refractivity contribution in [1.29, 1.82) is 0 Å². The number of anilines is 1. The fraction of sp³-hybridized carbons (Fsp3) is 0.600. The standard InChI is InChI=1S/C15H20BrNO2/c1-11-13(16)3-2-4-14(11)17-12-5-7-19-15(9-12)6-8-18-10-15/h2-4,12,17H,5-10H2,1H3. The Hall–Kier alpha value is -0.580. The number of hydrogen-bond donors (Lipinski definition) is 1. The van der Waals surface area contributed by atoms with Crippen LogP contribution in [-0.4, -0.2) is 31.5 Å². The number of hydrogen-bond acceptors (Lipinski definition) is 3. The smallest absolute Gasteiger partial charge is 0.0956 e. The van der Waals surface area contributed by atoms with Gasteiger partial charge < -0.3 is 14.8 Å². The van der Waals surface area contributed by atoms with Crippen molar-refractivity contribution in [3.63, 3.8) is 0 Å². The molecule has 2 unspecified atom stereocenters. The molecule has 0 bridgehead atoms. The van der Waals surface area contributed by atoms with Crippen molar-refractivity contribution < 1.29 is 9.47 Å². The highest BCUT2D eigenvalue weighted by molar-refractivity contribution is 9.10. The summed E-state index contributed by atoms with van der Waals surface area (Å²) in [6.07, 6.45) is 3.13. The summed E-state index contributed by atoms with van der Waals surface area (Å²) in [5, 5.41) is 3.68. The summed E-state index contributed by atoms with van der Waals surface area (Å²) < 4.78 is 12.6. The monoisotopic (exact) mass is 325 g/mol. The van der Waals surface area contributed by atoms with Gasteiger partial charge in [-0.2, -0.15) is 0 Å². The normalized spacial score (nSPS) is 30.7. The number of benzene rings is 1. The zero-order valence-electron chi connectivity index (χ0n) is 11.2. The van der Waals surface area contributed by atoms with E-state index in [0.717, 1.165) is 43.6 Å². The molecule has 1 spiro atoms. The minimum atomic E-state index is -0.0319. The van der Waals surface area contributed by atoms with Gasteiger partial charge in [0.2, 0.25) is 0 Å². The van der Waals surface area contributed by atoms with E-state index in [1.54, 1.807) is 0 Å². The largest absolute Gasteiger partial charge is 0.382 e. The van der Waals surface area contributed by atoms with Gasteiger partial charge in [-0.15, -0.1) is 0 Å². The number of nitrogens with one attached hydrogen (secondary N) is 1. The van der Waals surface area contributed by atoms with Gasteiger partial charge in [0.1, 0.15) is 0 Å². The van der Waals surface area contributed by atoms with Crippen LogP contribution in [0.25, 0.3) is 0 Å². The van der Waals surface area contributed by atoms with Crippen molar-refractivity contribution in [3.8, 4) is 0 Å². The van der Waals surface area contributed by atoms with Crippen molar-refractivity contribution in [2.24, 2.45) is 0 Å². The lowest BCUT2D eigenvalue weighted by molar-refractivity contribution is -0.0828. The summed E-state index contributed by atoms with van der Waals surface area (Å²) in [4.78, 5) is 0. The maximum Gasteiger partial charge on any atom is 0.0956 e. The summed E-state index contributed by atoms with van der Waals surface area (Å²) in [6.45, 7) is 4.56. The van der Waals surface area contributed by atoms with E-state index in [1.165, 1.54) is 11.3 Å². The zero-order valence-corrected chi connectivity index (χ0v) is 12.8. The Morgan fingerprint density at radius 1 is 1.37 bits per heavy atom. The van der Waals surface area contributed by atoms with E-state index in [4.69, 9.17) is 9.47 Å². The molecule has 1 aromatic rings. The molecule has 0 amide bonds. The van der Waals surface area contributed by atoms with Gasteiger partial charge >= 0.3 is 0 Å². The van der Waals surface area contributed by atoms with Gasteiger partial charge in [0.25, 0.3) is 0 Å². The Bertz CT molecular complexity index is 457. The molecule has 0 saturated carbocycles. The molecule has 1 N–H and O–H groups in total. The van der Waals surface area contributed by atoms with Crippen molar-refractivity contribution in [2.75, 3.05) is 25.1 Å². The van der Waals surface area contributed by atoms with Crippen LogP contribution in [0.2, 0.25) is 0 Å². The van der Waals surface area contributed by atoms with Gasteiger partial charge in [0, 0.05) is 35.8 Å². The number of ether oxygens (including phenoxy) is 2. The Balaban J connectivity index is 1.71. The Kier molecular flexibility index (Phi) is 3.83. The number of rotatable bonds is 2. The Morgan fingerprint density at radius 2 is 2.26 bits per heavy atom. The highest BCUT2D eigenvalue weighted by atomic mass is 79.9. The molecule has 2 atom stereocenters. The van der Waals surface area contributed by atoms with E-state index in [-0.39, 0.29) is 5.60 Å². The molecule has 0 aromatic heterocycles. The van der Waals surface area contributed by atoms with E-state index >= 15 is 0 Å². The molecule has 1 aromatic carbocycles. The van der Waals surface area contributed by atoms with Crippen LogP contribution in [0.15, 0.2) is 22.7 Å².